The number of Topliss-reactive ketones (excluding diaryl/α,β-unsaturated/α-hetero) is 1. The second-order valence-electron chi connectivity index (χ2n) is 12.4. The molecule has 10 heteroatoms. The molecule has 3 saturated heterocycles. The molecule has 1 aromatic carbocycles. The van der Waals surface area contributed by atoms with Gasteiger partial charge in [-0.3, -0.25) is 15.0 Å². The maximum atomic E-state index is 13.4. The summed E-state index contributed by atoms with van der Waals surface area (Å²) in [6, 6.07) is 7.29. The third kappa shape index (κ3) is 8.12. The van der Waals surface area contributed by atoms with Crippen LogP contribution in [-0.4, -0.2) is 96.4 Å². The molecular weight excluding hydrogens is 539 g/mol. The zero-order valence-electron chi connectivity index (χ0n) is 24.7. The number of thiazole rings is 1. The Morgan fingerprint density at radius 3 is 2.51 bits per heavy atom. The zero-order chi connectivity index (χ0) is 28.9. The number of piperidine rings is 3. The Balaban J connectivity index is 1.23. The van der Waals surface area contributed by atoms with Gasteiger partial charge in [-0.25, -0.2) is 14.2 Å². The van der Waals surface area contributed by atoms with E-state index in [1.165, 1.54) is 49.5 Å². The van der Waals surface area contributed by atoms with E-state index in [0.29, 0.717) is 33.6 Å². The smallest absolute Gasteiger partial charge is 0.321 e. The minimum absolute atomic E-state index is 0.0335. The van der Waals surface area contributed by atoms with E-state index in [9.17, 15) is 14.0 Å². The van der Waals surface area contributed by atoms with Gasteiger partial charge in [0.2, 0.25) is 0 Å². The number of aromatic nitrogens is 1. The molecule has 3 fully saturated rings. The van der Waals surface area contributed by atoms with Crippen LogP contribution in [0.2, 0.25) is 0 Å². The topological polar surface area (TPSA) is 80.8 Å². The molecule has 224 valence electrons. The number of nitrogens with one attached hydrogen (secondary N) is 2. The molecule has 2 amide bonds. The fourth-order valence-corrected chi connectivity index (χ4v) is 7.80. The van der Waals surface area contributed by atoms with E-state index >= 15 is 0 Å². The molecule has 2 N–H and O–H groups in total. The first kappa shape index (κ1) is 30.1. The van der Waals surface area contributed by atoms with Crippen LogP contribution in [0.5, 0.6) is 0 Å². The van der Waals surface area contributed by atoms with Crippen LogP contribution >= 0.6 is 11.3 Å². The van der Waals surface area contributed by atoms with Crippen molar-refractivity contribution in [3.8, 4) is 0 Å². The van der Waals surface area contributed by atoms with Gasteiger partial charge in [0, 0.05) is 38.6 Å². The second-order valence-corrected chi connectivity index (χ2v) is 13.4. The van der Waals surface area contributed by atoms with E-state index < -0.39 is 0 Å². The molecule has 41 heavy (non-hydrogen) atoms. The standard InChI is InChI=1S/C31H45FN6O2S/c1-21-29(22(2)39)41-31(33-21)35-30(40)34-28-20-38(27-11-14-36(3)15-12-27)16-10-25(28)19-37-13-4-5-24(18-37)17-23-6-8-26(32)9-7-23/h6-9,24-25,27-28H,4-5,10-20H2,1-3H3,(H2,33,34,35,40)/t24-,25-,28+/m0/s1. The second kappa shape index (κ2) is 13.7. The summed E-state index contributed by atoms with van der Waals surface area (Å²) in [6.07, 6.45) is 6.74. The molecule has 0 bridgehead atoms. The van der Waals surface area contributed by atoms with Crippen LogP contribution in [0.1, 0.15) is 60.0 Å². The average Bonchev–Trinajstić information content (AvgIpc) is 3.31. The van der Waals surface area contributed by atoms with Gasteiger partial charge < -0.3 is 15.1 Å². The summed E-state index contributed by atoms with van der Waals surface area (Å²) in [5.74, 6) is 0.705. The van der Waals surface area contributed by atoms with E-state index in [0.717, 1.165) is 58.7 Å². The Morgan fingerprint density at radius 2 is 1.80 bits per heavy atom. The fraction of sp³-hybridized carbons (Fsp3) is 0.645. The molecule has 0 spiro atoms. The number of carbonyl (C=O) groups is 2. The number of ketones is 1. The summed E-state index contributed by atoms with van der Waals surface area (Å²) >= 11 is 1.24. The van der Waals surface area contributed by atoms with E-state index in [4.69, 9.17) is 0 Å². The molecular formula is C31H45FN6O2S. The number of rotatable bonds is 8. The number of urea groups is 1. The molecule has 0 aliphatic carbocycles. The first-order valence-corrected chi connectivity index (χ1v) is 16.0. The lowest BCUT2D eigenvalue weighted by atomic mass is 9.86. The number of nitrogens with zero attached hydrogens (tertiary/aromatic N) is 4. The highest BCUT2D eigenvalue weighted by Crippen LogP contribution is 2.28. The van der Waals surface area contributed by atoms with Crippen LogP contribution in [0.15, 0.2) is 24.3 Å². The molecule has 2 aromatic rings. The van der Waals surface area contributed by atoms with Crippen molar-refractivity contribution < 1.29 is 14.0 Å². The van der Waals surface area contributed by atoms with Crippen LogP contribution in [0, 0.1) is 24.6 Å². The Bertz CT molecular complexity index is 1180. The summed E-state index contributed by atoms with van der Waals surface area (Å²) in [4.78, 5) is 37.7. The van der Waals surface area contributed by atoms with Gasteiger partial charge in [-0.1, -0.05) is 23.5 Å². The Labute approximate surface area is 247 Å². The highest BCUT2D eigenvalue weighted by atomic mass is 32.1. The molecule has 4 heterocycles. The molecule has 0 saturated carbocycles. The Morgan fingerprint density at radius 1 is 1.05 bits per heavy atom. The predicted molar refractivity (Wildman–Crippen MR) is 162 cm³/mol. The SMILES string of the molecule is CC(=O)c1sc(NC(=O)N[C@@H]2CN(C3CCN(C)CC3)CC[C@H]2CN2CCC[C@@H](Cc3ccc(F)cc3)C2)nc1C. The van der Waals surface area contributed by atoms with Gasteiger partial charge >= 0.3 is 6.03 Å². The lowest BCUT2D eigenvalue weighted by Gasteiger charge is -2.46. The van der Waals surface area contributed by atoms with Crippen LogP contribution in [0.4, 0.5) is 14.3 Å². The highest BCUT2D eigenvalue weighted by Gasteiger charge is 2.36. The molecule has 3 aliphatic heterocycles. The third-order valence-corrected chi connectivity index (χ3v) is 10.4. The van der Waals surface area contributed by atoms with E-state index in [-0.39, 0.29) is 23.7 Å². The molecule has 8 nitrogen and oxygen atoms in total. The maximum Gasteiger partial charge on any atom is 0.321 e. The lowest BCUT2D eigenvalue weighted by Crippen LogP contribution is -2.59. The molecule has 3 atom stereocenters. The van der Waals surface area contributed by atoms with Gasteiger partial charge in [-0.2, -0.15) is 0 Å². The molecule has 1 aromatic heterocycles. The minimum Gasteiger partial charge on any atom is -0.333 e. The van der Waals surface area contributed by atoms with Crippen molar-refractivity contribution in [2.24, 2.45) is 11.8 Å². The normalized spacial score (nSPS) is 25.2. The summed E-state index contributed by atoms with van der Waals surface area (Å²) in [6.45, 7) is 10.6. The summed E-state index contributed by atoms with van der Waals surface area (Å²) < 4.78 is 13.4. The molecule has 0 unspecified atom stereocenters. The molecule has 0 radical (unpaired) electrons. The van der Waals surface area contributed by atoms with Gasteiger partial charge in [0.15, 0.2) is 10.9 Å². The first-order valence-electron chi connectivity index (χ1n) is 15.2. The number of likely N-dealkylation sites (tertiary alicyclic amines) is 3. The number of hydrogen-bond donors (Lipinski definition) is 2. The third-order valence-electron chi connectivity index (χ3n) is 9.18. The Hall–Kier alpha value is -2.40. The number of aryl methyl sites for hydroxylation is 1. The van der Waals surface area contributed by atoms with Crippen LogP contribution in [0.3, 0.4) is 0 Å². The maximum absolute atomic E-state index is 13.4. The largest absolute Gasteiger partial charge is 0.333 e. The van der Waals surface area contributed by atoms with Crippen molar-refractivity contribution in [1.82, 2.24) is 25.0 Å². The quantitative estimate of drug-likeness (QED) is 0.440. The average molecular weight is 585 g/mol. The van der Waals surface area contributed by atoms with Crippen molar-refractivity contribution in [1.29, 1.82) is 0 Å². The summed E-state index contributed by atoms with van der Waals surface area (Å²) in [5.41, 5.74) is 1.85. The van der Waals surface area contributed by atoms with E-state index in [1.54, 1.807) is 19.1 Å². The van der Waals surface area contributed by atoms with Crippen molar-refractivity contribution >= 4 is 28.3 Å². The Kier molecular flexibility index (Phi) is 10.1. The van der Waals surface area contributed by atoms with Crippen molar-refractivity contribution in [3.63, 3.8) is 0 Å². The van der Waals surface area contributed by atoms with Gasteiger partial charge in [0.05, 0.1) is 10.6 Å². The number of benzene rings is 1. The van der Waals surface area contributed by atoms with E-state index in [2.05, 4.69) is 37.4 Å². The van der Waals surface area contributed by atoms with Crippen molar-refractivity contribution in [3.05, 3.63) is 46.2 Å². The highest BCUT2D eigenvalue weighted by molar-refractivity contribution is 7.17. The molecule has 5 rings (SSSR count). The number of carbonyl (C=O) groups excluding carboxylic acids is 2. The number of hydrogen-bond acceptors (Lipinski definition) is 7. The van der Waals surface area contributed by atoms with Crippen LogP contribution < -0.4 is 10.6 Å². The molecule has 3 aliphatic rings. The number of anilines is 1. The predicted octanol–water partition coefficient (Wildman–Crippen LogP) is 4.65. The summed E-state index contributed by atoms with van der Waals surface area (Å²) in [7, 11) is 2.19. The van der Waals surface area contributed by atoms with E-state index in [1.807, 2.05) is 12.1 Å². The number of amides is 2. The number of halogens is 1. The lowest BCUT2D eigenvalue weighted by molar-refractivity contribution is 0.0491. The van der Waals surface area contributed by atoms with Crippen molar-refractivity contribution in [2.45, 2.75) is 64.5 Å². The minimum atomic E-state index is -0.248. The monoisotopic (exact) mass is 584 g/mol. The van der Waals surface area contributed by atoms with Crippen LogP contribution in [0.25, 0.3) is 0 Å². The van der Waals surface area contributed by atoms with Gasteiger partial charge in [-0.15, -0.1) is 0 Å². The van der Waals surface area contributed by atoms with Crippen LogP contribution in [-0.2, 0) is 6.42 Å². The fourth-order valence-electron chi connectivity index (χ4n) is 6.95. The zero-order valence-corrected chi connectivity index (χ0v) is 25.5. The summed E-state index contributed by atoms with van der Waals surface area (Å²) in [5, 5.41) is 6.69. The van der Waals surface area contributed by atoms with Gasteiger partial charge in [0.1, 0.15) is 5.82 Å². The van der Waals surface area contributed by atoms with Gasteiger partial charge in [-0.05, 0) is 108 Å². The van der Waals surface area contributed by atoms with Crippen molar-refractivity contribution in [2.75, 3.05) is 58.2 Å². The van der Waals surface area contributed by atoms with Gasteiger partial charge in [0.25, 0.3) is 0 Å². The first-order chi connectivity index (χ1) is 19.7.